The van der Waals surface area contributed by atoms with Gasteiger partial charge in [-0.2, -0.15) is 0 Å². The molecule has 2 aromatic heterocycles. The molecule has 0 radical (unpaired) electrons. The number of amides is 1. The second-order valence-electron chi connectivity index (χ2n) is 6.67. The predicted octanol–water partition coefficient (Wildman–Crippen LogP) is 1.83. The summed E-state index contributed by atoms with van der Waals surface area (Å²) in [4.78, 5) is 26.9. The summed E-state index contributed by atoms with van der Waals surface area (Å²) in [7, 11) is 0. The van der Waals surface area contributed by atoms with E-state index in [2.05, 4.69) is 31.2 Å². The van der Waals surface area contributed by atoms with Crippen molar-refractivity contribution >= 4 is 11.7 Å². The number of anilines is 1. The number of hydrogen-bond acceptors (Lipinski definition) is 4. The molecule has 0 aromatic carbocycles. The number of nitrogens with zero attached hydrogens (tertiary/aromatic N) is 3. The van der Waals surface area contributed by atoms with Crippen LogP contribution in [0.2, 0.25) is 0 Å². The molecule has 3 heterocycles. The fourth-order valence-electron chi connectivity index (χ4n) is 3.73. The van der Waals surface area contributed by atoms with Crippen molar-refractivity contribution in [3.8, 4) is 0 Å². The quantitative estimate of drug-likeness (QED) is 0.899. The molecule has 1 fully saturated rings. The van der Waals surface area contributed by atoms with Crippen LogP contribution in [0.1, 0.15) is 36.2 Å². The summed E-state index contributed by atoms with van der Waals surface area (Å²) < 4.78 is 0. The summed E-state index contributed by atoms with van der Waals surface area (Å²) in [5, 5.41) is 3.12. The second-order valence-corrected chi connectivity index (χ2v) is 6.67. The molecule has 1 aliphatic carbocycles. The van der Waals surface area contributed by atoms with Gasteiger partial charge in [0.25, 0.3) is 0 Å². The smallest absolute Gasteiger partial charge is 0.223 e. The van der Waals surface area contributed by atoms with Gasteiger partial charge in [0.1, 0.15) is 5.82 Å². The average Bonchev–Trinajstić information content (AvgIpc) is 3.30. The Morgan fingerprint density at radius 3 is 3.08 bits per heavy atom. The van der Waals surface area contributed by atoms with Gasteiger partial charge in [-0.3, -0.25) is 4.79 Å². The van der Waals surface area contributed by atoms with Crippen molar-refractivity contribution in [3.63, 3.8) is 0 Å². The van der Waals surface area contributed by atoms with E-state index in [1.54, 1.807) is 6.33 Å². The van der Waals surface area contributed by atoms with Crippen molar-refractivity contribution in [1.82, 2.24) is 20.3 Å². The third kappa shape index (κ3) is 3.00. The van der Waals surface area contributed by atoms with Crippen molar-refractivity contribution in [2.45, 2.75) is 38.6 Å². The summed E-state index contributed by atoms with van der Waals surface area (Å²) >= 11 is 0. The van der Waals surface area contributed by atoms with Crippen LogP contribution in [-0.2, 0) is 24.2 Å². The number of aromatic amines is 1. The van der Waals surface area contributed by atoms with Crippen molar-refractivity contribution < 1.29 is 4.79 Å². The number of carbonyl (C=O) groups is 1. The van der Waals surface area contributed by atoms with Gasteiger partial charge in [0.05, 0.1) is 12.0 Å². The molecule has 0 bridgehead atoms. The SMILES string of the molecule is O=C(NCc1cccnc1N1CCCC1)C1CCc2nc[nH]c2C1. The van der Waals surface area contributed by atoms with Gasteiger partial charge in [-0.1, -0.05) is 6.07 Å². The number of nitrogens with one attached hydrogen (secondary N) is 2. The number of pyridine rings is 1. The number of fused-ring (bicyclic) bond motifs is 1. The van der Waals surface area contributed by atoms with Crippen molar-refractivity contribution in [3.05, 3.63) is 41.6 Å². The number of aromatic nitrogens is 3. The van der Waals surface area contributed by atoms with Crippen LogP contribution in [0.5, 0.6) is 0 Å². The Bertz CT molecular complexity index is 720. The third-order valence-corrected chi connectivity index (χ3v) is 5.08. The number of rotatable bonds is 4. The first-order valence-electron chi connectivity index (χ1n) is 8.79. The molecule has 6 heteroatoms. The minimum absolute atomic E-state index is 0.0323. The van der Waals surface area contributed by atoms with Gasteiger partial charge >= 0.3 is 0 Å². The Kier molecular flexibility index (Phi) is 4.19. The standard InChI is InChI=1S/C18H23N5O/c24-18(13-5-6-15-16(10-13)22-12-21-15)20-11-14-4-3-7-19-17(14)23-8-1-2-9-23/h3-4,7,12-13H,1-2,5-6,8-11H2,(H,20,24)(H,21,22). The minimum atomic E-state index is 0.0323. The van der Waals surface area contributed by atoms with Crippen LogP contribution < -0.4 is 10.2 Å². The topological polar surface area (TPSA) is 73.9 Å². The molecule has 0 spiro atoms. The maximum Gasteiger partial charge on any atom is 0.223 e. The first kappa shape index (κ1) is 15.2. The van der Waals surface area contributed by atoms with E-state index < -0.39 is 0 Å². The number of hydrogen-bond donors (Lipinski definition) is 2. The Hall–Kier alpha value is -2.37. The van der Waals surface area contributed by atoms with E-state index >= 15 is 0 Å². The predicted molar refractivity (Wildman–Crippen MR) is 91.6 cm³/mol. The molecule has 1 aliphatic heterocycles. The number of aryl methyl sites for hydroxylation is 1. The van der Waals surface area contributed by atoms with Gasteiger partial charge in [0.2, 0.25) is 5.91 Å². The van der Waals surface area contributed by atoms with Gasteiger partial charge < -0.3 is 15.2 Å². The fraction of sp³-hybridized carbons (Fsp3) is 0.500. The number of imidazole rings is 1. The lowest BCUT2D eigenvalue weighted by atomic mass is 9.89. The van der Waals surface area contributed by atoms with Crippen LogP contribution in [0.25, 0.3) is 0 Å². The third-order valence-electron chi connectivity index (χ3n) is 5.08. The van der Waals surface area contributed by atoms with Gasteiger partial charge in [-0.05, 0) is 31.7 Å². The highest BCUT2D eigenvalue weighted by Gasteiger charge is 2.26. The monoisotopic (exact) mass is 325 g/mol. The Morgan fingerprint density at radius 2 is 2.21 bits per heavy atom. The van der Waals surface area contributed by atoms with E-state index in [9.17, 15) is 4.79 Å². The molecular weight excluding hydrogens is 302 g/mol. The molecular formula is C18H23N5O. The molecule has 1 amide bonds. The van der Waals surface area contributed by atoms with Crippen LogP contribution in [-0.4, -0.2) is 33.9 Å². The first-order valence-corrected chi connectivity index (χ1v) is 8.79. The average molecular weight is 325 g/mol. The number of carbonyl (C=O) groups excluding carboxylic acids is 1. The van der Waals surface area contributed by atoms with E-state index in [0.29, 0.717) is 6.54 Å². The normalized spacial score (nSPS) is 20.0. The van der Waals surface area contributed by atoms with Crippen LogP contribution in [0.3, 0.4) is 0 Å². The zero-order valence-electron chi connectivity index (χ0n) is 13.8. The Morgan fingerprint density at radius 1 is 1.33 bits per heavy atom. The Balaban J connectivity index is 1.39. The van der Waals surface area contributed by atoms with Crippen molar-refractivity contribution in [2.75, 3.05) is 18.0 Å². The zero-order chi connectivity index (χ0) is 16.4. The lowest BCUT2D eigenvalue weighted by molar-refractivity contribution is -0.125. The largest absolute Gasteiger partial charge is 0.356 e. The van der Waals surface area contributed by atoms with Crippen LogP contribution in [0.15, 0.2) is 24.7 Å². The van der Waals surface area contributed by atoms with Crippen LogP contribution >= 0.6 is 0 Å². The Labute approximate surface area is 141 Å². The van der Waals surface area contributed by atoms with E-state index in [1.807, 2.05) is 12.3 Å². The molecule has 4 rings (SSSR count). The molecule has 126 valence electrons. The summed E-state index contributed by atoms with van der Waals surface area (Å²) in [6, 6.07) is 4.01. The molecule has 2 aliphatic rings. The summed E-state index contributed by atoms with van der Waals surface area (Å²) in [5.74, 6) is 1.19. The molecule has 1 atom stereocenters. The maximum atomic E-state index is 12.6. The van der Waals surface area contributed by atoms with Crippen molar-refractivity contribution in [1.29, 1.82) is 0 Å². The molecule has 24 heavy (non-hydrogen) atoms. The molecule has 2 aromatic rings. The van der Waals surface area contributed by atoms with E-state index in [1.165, 1.54) is 12.8 Å². The summed E-state index contributed by atoms with van der Waals surface area (Å²) in [5.41, 5.74) is 3.33. The van der Waals surface area contributed by atoms with Gasteiger partial charge in [-0.15, -0.1) is 0 Å². The highest BCUT2D eigenvalue weighted by atomic mass is 16.1. The highest BCUT2D eigenvalue weighted by Crippen LogP contribution is 2.24. The molecule has 6 nitrogen and oxygen atoms in total. The van der Waals surface area contributed by atoms with E-state index in [4.69, 9.17) is 0 Å². The summed E-state index contributed by atoms with van der Waals surface area (Å²) in [6.07, 6.45) is 8.50. The lowest BCUT2D eigenvalue weighted by Crippen LogP contribution is -2.34. The zero-order valence-corrected chi connectivity index (χ0v) is 13.8. The minimum Gasteiger partial charge on any atom is -0.356 e. The van der Waals surface area contributed by atoms with Crippen molar-refractivity contribution in [2.24, 2.45) is 5.92 Å². The van der Waals surface area contributed by atoms with Gasteiger partial charge in [0.15, 0.2) is 0 Å². The lowest BCUT2D eigenvalue weighted by Gasteiger charge is -2.22. The molecule has 0 saturated carbocycles. The second kappa shape index (κ2) is 6.63. The van der Waals surface area contributed by atoms with Crippen LogP contribution in [0, 0.1) is 5.92 Å². The molecule has 1 unspecified atom stereocenters. The van der Waals surface area contributed by atoms with E-state index in [0.717, 1.165) is 55.1 Å². The summed E-state index contributed by atoms with van der Waals surface area (Å²) in [6.45, 7) is 2.66. The number of H-pyrrole nitrogens is 1. The first-order chi connectivity index (χ1) is 11.8. The van der Waals surface area contributed by atoms with Crippen LogP contribution in [0.4, 0.5) is 5.82 Å². The molecule has 1 saturated heterocycles. The maximum absolute atomic E-state index is 12.6. The van der Waals surface area contributed by atoms with E-state index in [-0.39, 0.29) is 11.8 Å². The fourth-order valence-corrected chi connectivity index (χ4v) is 3.73. The highest BCUT2D eigenvalue weighted by molar-refractivity contribution is 5.79. The van der Waals surface area contributed by atoms with Gasteiger partial charge in [0, 0.05) is 49.4 Å². The molecule has 2 N–H and O–H groups in total. The van der Waals surface area contributed by atoms with Gasteiger partial charge in [-0.25, -0.2) is 9.97 Å².